The summed E-state index contributed by atoms with van der Waals surface area (Å²) in [6.07, 6.45) is -0.0525. The van der Waals surface area contributed by atoms with Gasteiger partial charge in [0.25, 0.3) is 0 Å². The molecule has 0 unspecified atom stereocenters. The lowest BCUT2D eigenvalue weighted by atomic mass is 9.93. The van der Waals surface area contributed by atoms with Crippen molar-refractivity contribution in [3.8, 4) is 21.8 Å². The number of anilines is 1. The predicted molar refractivity (Wildman–Crippen MR) is 148 cm³/mol. The number of hydrogen-bond acceptors (Lipinski definition) is 6. The van der Waals surface area contributed by atoms with Gasteiger partial charge in [0.1, 0.15) is 16.5 Å². The Bertz CT molecular complexity index is 1410. The number of nitrogens with zero attached hydrogens (tertiary/aromatic N) is 4. The lowest BCUT2D eigenvalue weighted by Gasteiger charge is -2.37. The maximum atomic E-state index is 11.7. The Morgan fingerprint density at radius 1 is 1.08 bits per heavy atom. The lowest BCUT2D eigenvalue weighted by molar-refractivity contribution is -0.136. The smallest absolute Gasteiger partial charge is 0.307 e. The fourth-order valence-corrected chi connectivity index (χ4v) is 6.07. The molecule has 6 nitrogen and oxygen atoms in total. The van der Waals surface area contributed by atoms with Crippen molar-refractivity contribution in [3.05, 3.63) is 64.7 Å². The molecule has 0 aliphatic carbocycles. The van der Waals surface area contributed by atoms with Crippen molar-refractivity contribution in [2.45, 2.75) is 33.2 Å². The summed E-state index contributed by atoms with van der Waals surface area (Å²) >= 11 is 7.70. The van der Waals surface area contributed by atoms with Crippen molar-refractivity contribution in [1.29, 1.82) is 0 Å². The van der Waals surface area contributed by atoms with Crippen LogP contribution in [0.2, 0.25) is 5.02 Å². The van der Waals surface area contributed by atoms with E-state index in [1.807, 2.05) is 49.4 Å². The summed E-state index contributed by atoms with van der Waals surface area (Å²) in [6, 6.07) is 16.2. The monoisotopic (exact) mass is 520 g/mol. The zero-order valence-electron chi connectivity index (χ0n) is 20.7. The van der Waals surface area contributed by atoms with Gasteiger partial charge < -0.3 is 10.0 Å². The molecule has 5 rings (SSSR count). The molecule has 0 amide bonds. The molecule has 186 valence electrons. The molecule has 0 atom stereocenters. The fraction of sp³-hybridized carbons (Fsp3) is 0.321. The number of carbonyl (C=O) groups is 1. The number of carboxylic acid groups (broad SMARTS) is 1. The van der Waals surface area contributed by atoms with Crippen LogP contribution in [0.5, 0.6) is 0 Å². The molecule has 0 saturated carbocycles. The molecule has 1 aliphatic heterocycles. The van der Waals surface area contributed by atoms with Crippen molar-refractivity contribution in [2.24, 2.45) is 0 Å². The normalized spacial score (nSPS) is 14.6. The van der Waals surface area contributed by atoms with E-state index in [4.69, 9.17) is 21.6 Å². The molecule has 0 radical (unpaired) electrons. The van der Waals surface area contributed by atoms with Gasteiger partial charge in [0.05, 0.1) is 16.6 Å². The quantitative estimate of drug-likeness (QED) is 0.329. The average molecular weight is 521 g/mol. The fourth-order valence-electron chi connectivity index (χ4n) is 4.83. The number of aromatic nitrogens is 2. The SMILES string of the molecule is Cc1cc2nc(-c3cccc(N4CCN(C(C)C)CC4)n3)sc2c(-c2ccc(Cl)cc2)c1CC(=O)O. The molecule has 1 N–H and O–H groups in total. The summed E-state index contributed by atoms with van der Waals surface area (Å²) in [5.41, 5.74) is 5.25. The van der Waals surface area contributed by atoms with Crippen molar-refractivity contribution in [3.63, 3.8) is 0 Å². The Balaban J connectivity index is 1.56. The molecular weight excluding hydrogens is 492 g/mol. The molecule has 0 bridgehead atoms. The van der Waals surface area contributed by atoms with E-state index in [-0.39, 0.29) is 6.42 Å². The first-order chi connectivity index (χ1) is 17.3. The minimum atomic E-state index is -0.857. The number of aliphatic carboxylic acids is 1. The number of piperazine rings is 1. The van der Waals surface area contributed by atoms with Crippen molar-refractivity contribution >= 4 is 44.9 Å². The molecule has 4 aromatic rings. The molecular formula is C28H29ClN4O2S. The second kappa shape index (κ2) is 10.2. The third kappa shape index (κ3) is 4.96. The number of rotatable bonds is 6. The second-order valence-corrected chi connectivity index (χ2v) is 10.9. The summed E-state index contributed by atoms with van der Waals surface area (Å²) in [5.74, 6) is 0.111. The number of pyridine rings is 1. The van der Waals surface area contributed by atoms with Gasteiger partial charge in [0, 0.05) is 42.8 Å². The molecule has 1 fully saturated rings. The van der Waals surface area contributed by atoms with Gasteiger partial charge in [-0.2, -0.15) is 0 Å². The van der Waals surface area contributed by atoms with Crippen LogP contribution in [0.1, 0.15) is 25.0 Å². The third-order valence-corrected chi connectivity index (χ3v) is 8.16. The molecule has 0 spiro atoms. The summed E-state index contributed by atoms with van der Waals surface area (Å²) in [4.78, 5) is 26.5. The minimum Gasteiger partial charge on any atom is -0.481 e. The highest BCUT2D eigenvalue weighted by Crippen LogP contribution is 2.41. The third-order valence-electron chi connectivity index (χ3n) is 6.79. The van der Waals surface area contributed by atoms with E-state index in [2.05, 4.69) is 29.7 Å². The summed E-state index contributed by atoms with van der Waals surface area (Å²) in [6.45, 7) is 10.4. The van der Waals surface area contributed by atoms with Crippen LogP contribution in [0.25, 0.3) is 32.0 Å². The Kier molecular flexibility index (Phi) is 6.97. The van der Waals surface area contributed by atoms with Crippen LogP contribution in [-0.2, 0) is 11.2 Å². The molecule has 1 aliphatic rings. The standard InChI is InChI=1S/C28H29ClN4O2S/c1-17(2)32-11-13-33(14-12-32)24-6-4-5-22(30-24)28-31-23-15-18(3)21(16-25(34)35)26(27(23)36-28)19-7-9-20(29)10-8-19/h4-10,15,17H,11-14,16H2,1-3H3,(H,34,35). The summed E-state index contributed by atoms with van der Waals surface area (Å²) in [7, 11) is 0. The van der Waals surface area contributed by atoms with Crippen LogP contribution in [-0.4, -0.2) is 58.2 Å². The molecule has 2 aromatic carbocycles. The number of benzene rings is 2. The highest BCUT2D eigenvalue weighted by molar-refractivity contribution is 7.22. The minimum absolute atomic E-state index is 0.0525. The van der Waals surface area contributed by atoms with E-state index in [9.17, 15) is 9.90 Å². The van der Waals surface area contributed by atoms with Gasteiger partial charge in [-0.1, -0.05) is 29.8 Å². The first-order valence-electron chi connectivity index (χ1n) is 12.2. The van der Waals surface area contributed by atoms with Gasteiger partial charge in [-0.3, -0.25) is 9.69 Å². The van der Waals surface area contributed by atoms with Gasteiger partial charge in [-0.15, -0.1) is 11.3 Å². The average Bonchev–Trinajstić information content (AvgIpc) is 3.28. The van der Waals surface area contributed by atoms with E-state index in [1.54, 1.807) is 11.3 Å². The zero-order chi connectivity index (χ0) is 25.4. The zero-order valence-corrected chi connectivity index (χ0v) is 22.2. The van der Waals surface area contributed by atoms with Crippen molar-refractivity contribution in [1.82, 2.24) is 14.9 Å². The maximum Gasteiger partial charge on any atom is 0.307 e. The second-order valence-electron chi connectivity index (χ2n) is 9.49. The van der Waals surface area contributed by atoms with Crippen molar-refractivity contribution in [2.75, 3.05) is 31.1 Å². The number of carboxylic acids is 1. The number of hydrogen-bond donors (Lipinski definition) is 1. The molecule has 8 heteroatoms. The van der Waals surface area contributed by atoms with Gasteiger partial charge in [-0.05, 0) is 67.8 Å². The highest BCUT2D eigenvalue weighted by atomic mass is 35.5. The van der Waals surface area contributed by atoms with E-state index in [1.165, 1.54) is 0 Å². The highest BCUT2D eigenvalue weighted by Gasteiger charge is 2.22. The van der Waals surface area contributed by atoms with E-state index in [0.29, 0.717) is 11.1 Å². The van der Waals surface area contributed by atoms with Gasteiger partial charge in [0.15, 0.2) is 0 Å². The first-order valence-corrected chi connectivity index (χ1v) is 13.4. The maximum absolute atomic E-state index is 11.7. The number of fused-ring (bicyclic) bond motifs is 1. The van der Waals surface area contributed by atoms with E-state index >= 15 is 0 Å². The predicted octanol–water partition coefficient (Wildman–Crippen LogP) is 6.14. The Hall–Kier alpha value is -3.00. The molecule has 1 saturated heterocycles. The lowest BCUT2D eigenvalue weighted by Crippen LogP contribution is -2.49. The largest absolute Gasteiger partial charge is 0.481 e. The van der Waals surface area contributed by atoms with E-state index in [0.717, 1.165) is 75.2 Å². The molecule has 36 heavy (non-hydrogen) atoms. The summed E-state index contributed by atoms with van der Waals surface area (Å²) < 4.78 is 0.965. The van der Waals surface area contributed by atoms with Gasteiger partial charge in [-0.25, -0.2) is 9.97 Å². The summed E-state index contributed by atoms with van der Waals surface area (Å²) in [5, 5.41) is 11.1. The van der Waals surface area contributed by atoms with Gasteiger partial charge in [0.2, 0.25) is 0 Å². The topological polar surface area (TPSA) is 69.6 Å². The Morgan fingerprint density at radius 3 is 2.47 bits per heavy atom. The van der Waals surface area contributed by atoms with Crippen LogP contribution >= 0.6 is 22.9 Å². The molecule has 3 heterocycles. The van der Waals surface area contributed by atoms with Crippen molar-refractivity contribution < 1.29 is 9.90 Å². The first kappa shape index (κ1) is 24.7. The van der Waals surface area contributed by atoms with Crippen LogP contribution in [0.3, 0.4) is 0 Å². The van der Waals surface area contributed by atoms with Crippen LogP contribution < -0.4 is 4.90 Å². The molecule has 2 aromatic heterocycles. The Morgan fingerprint density at radius 2 is 1.81 bits per heavy atom. The number of thiazole rings is 1. The Labute approximate surface area is 220 Å². The van der Waals surface area contributed by atoms with Crippen LogP contribution in [0.15, 0.2) is 48.5 Å². The van der Waals surface area contributed by atoms with E-state index < -0.39 is 5.97 Å². The number of halogens is 1. The van der Waals surface area contributed by atoms with Crippen LogP contribution in [0, 0.1) is 6.92 Å². The van der Waals surface area contributed by atoms with Gasteiger partial charge >= 0.3 is 5.97 Å². The number of aryl methyl sites for hydroxylation is 1. The van der Waals surface area contributed by atoms with Crippen LogP contribution in [0.4, 0.5) is 5.82 Å².